The average Bonchev–Trinajstić information content (AvgIpc) is 0.903. The number of anilines is 6. The van der Waals surface area contributed by atoms with E-state index in [9.17, 15) is 28.8 Å². The van der Waals surface area contributed by atoms with Crippen molar-refractivity contribution in [3.63, 3.8) is 0 Å². The Balaban J connectivity index is 1.17. The molecular weight excluding hydrogens is 1280 g/mol. The summed E-state index contributed by atoms with van der Waals surface area (Å²) >= 11 is 0. The lowest BCUT2D eigenvalue weighted by Gasteiger charge is -2.47. The monoisotopic (exact) mass is 1390 g/mol. The highest BCUT2D eigenvalue weighted by Gasteiger charge is 2.48. The molecule has 0 radical (unpaired) electrons. The van der Waals surface area contributed by atoms with Crippen LogP contribution >= 0.6 is 0 Å². The first-order valence-corrected chi connectivity index (χ1v) is 39.2. The minimum Gasteiger partial charge on any atom is -0.310 e. The number of hydrogen-bond acceptors (Lipinski definition) is 2. The largest absolute Gasteiger partial charge is 0.310 e. The zero-order valence-corrected chi connectivity index (χ0v) is 61.7. The van der Waals surface area contributed by atoms with Gasteiger partial charge < -0.3 is 18.9 Å². The van der Waals surface area contributed by atoms with E-state index in [4.69, 9.17) is 0 Å². The zero-order valence-electron chi connectivity index (χ0n) is 81.7. The molecule has 6 heteroatoms. The Labute approximate surface area is 649 Å². The van der Waals surface area contributed by atoms with E-state index in [0.29, 0.717) is 72.7 Å². The molecule has 510 valence electrons. The lowest BCUT2D eigenvalue weighted by atomic mass is 9.32. The minimum atomic E-state index is -2.26. The van der Waals surface area contributed by atoms with Gasteiger partial charge in [0.25, 0.3) is 6.71 Å². The second-order valence-electron chi connectivity index (χ2n) is 31.7. The van der Waals surface area contributed by atoms with Gasteiger partial charge in [0.15, 0.2) is 0 Å². The maximum absolute atomic E-state index is 12.1. The Morgan fingerprint density at radius 2 is 0.648 bits per heavy atom. The third-order valence-corrected chi connectivity index (χ3v) is 23.0. The second kappa shape index (κ2) is 24.6. The van der Waals surface area contributed by atoms with Crippen molar-refractivity contribution >= 4 is 114 Å². The fourth-order valence-electron chi connectivity index (χ4n) is 15.5. The summed E-state index contributed by atoms with van der Waals surface area (Å²) in [7, 11) is -2.26. The summed E-state index contributed by atoms with van der Waals surface area (Å²) in [6.45, 7) is 24.0. The summed E-state index contributed by atoms with van der Waals surface area (Å²) in [5, 5.41) is -0.251. The van der Waals surface area contributed by atoms with Gasteiger partial charge in [-0.2, -0.15) is 0 Å². The van der Waals surface area contributed by atoms with Crippen molar-refractivity contribution < 1.29 is 28.8 Å². The molecule has 0 aliphatic carbocycles. The summed E-state index contributed by atoms with van der Waals surface area (Å²) in [6.07, 6.45) is 0. The second-order valence-corrected chi connectivity index (χ2v) is 36.8. The van der Waals surface area contributed by atoms with Crippen LogP contribution in [0.15, 0.2) is 309 Å². The predicted molar refractivity (Wildman–Crippen MR) is 455 cm³/mol. The first-order valence-electron chi connectivity index (χ1n) is 46.2. The lowest BCUT2D eigenvalue weighted by molar-refractivity contribution is 0.590. The van der Waals surface area contributed by atoms with Gasteiger partial charge in [-0.25, -0.2) is 0 Å². The summed E-state index contributed by atoms with van der Waals surface area (Å²) in [4.78, 5) is 4.02. The molecule has 18 rings (SSSR count). The van der Waals surface area contributed by atoms with Crippen LogP contribution in [0.4, 0.5) is 34.1 Å². The van der Waals surface area contributed by atoms with Crippen LogP contribution in [0, 0.1) is 0 Å². The van der Waals surface area contributed by atoms with Gasteiger partial charge in [-0.3, -0.25) is 0 Å². The van der Waals surface area contributed by atoms with Crippen molar-refractivity contribution in [3.05, 3.63) is 326 Å². The Hall–Kier alpha value is -11.4. The molecule has 0 spiro atoms. The Kier molecular flexibility index (Phi) is 10.9. The molecular formula is C99H87BN4Si. The Morgan fingerprint density at radius 1 is 0.314 bits per heavy atom. The fourth-order valence-corrected chi connectivity index (χ4v) is 16.6. The van der Waals surface area contributed by atoms with Crippen LogP contribution in [-0.4, -0.2) is 23.9 Å². The molecule has 2 aromatic heterocycles. The van der Waals surface area contributed by atoms with Crippen molar-refractivity contribution in [2.75, 3.05) is 9.80 Å². The number of rotatable bonds is 10. The van der Waals surface area contributed by atoms with Gasteiger partial charge >= 0.3 is 0 Å². The number of fused-ring (bicyclic) bond motifs is 10. The van der Waals surface area contributed by atoms with Crippen molar-refractivity contribution in [2.24, 2.45) is 0 Å². The normalized spacial score (nSPS) is 15.9. The molecule has 0 fully saturated rings. The van der Waals surface area contributed by atoms with Crippen LogP contribution < -0.4 is 31.4 Å². The molecule has 4 heterocycles. The highest BCUT2D eigenvalue weighted by molar-refractivity contribution is 7.01. The smallest absolute Gasteiger partial charge is 0.252 e. The molecule has 0 amide bonds. The average molecular weight is 1390 g/mol. The number of aromatic nitrogens is 2. The van der Waals surface area contributed by atoms with E-state index in [1.165, 1.54) is 4.57 Å². The van der Waals surface area contributed by atoms with Gasteiger partial charge in [0, 0.05) is 77.9 Å². The predicted octanol–water partition coefficient (Wildman–Crippen LogP) is 24.7. The summed E-state index contributed by atoms with van der Waals surface area (Å²) in [5.74, 6) is 0. The highest BCUT2D eigenvalue weighted by atomic mass is 28.3. The lowest BCUT2D eigenvalue weighted by Crippen LogP contribution is -2.62. The molecule has 16 aromatic rings. The molecule has 0 bridgehead atoms. The van der Waals surface area contributed by atoms with Gasteiger partial charge in [-0.15, -0.1) is 0 Å². The van der Waals surface area contributed by atoms with Gasteiger partial charge in [0.05, 0.1) is 70.3 Å². The maximum Gasteiger partial charge on any atom is 0.252 e. The summed E-state index contributed by atoms with van der Waals surface area (Å²) < 4.78 is 216. The van der Waals surface area contributed by atoms with Crippen LogP contribution in [0.2, 0.25) is 19.6 Å². The molecule has 0 saturated heterocycles. The number of benzene rings is 14. The first-order chi connectivity index (χ1) is 59.4. The Bertz CT molecular complexity index is 7140. The van der Waals surface area contributed by atoms with E-state index in [1.807, 2.05) is 155 Å². The van der Waals surface area contributed by atoms with E-state index in [2.05, 4.69) is 118 Å². The van der Waals surface area contributed by atoms with Crippen LogP contribution in [-0.2, 0) is 16.2 Å². The molecule has 105 heavy (non-hydrogen) atoms. The van der Waals surface area contributed by atoms with Gasteiger partial charge in [0.2, 0.25) is 0 Å². The molecule has 2 aliphatic rings. The SMILES string of the molecule is [2H]c1c([2H])c(-n2c3c([2H])c([2H])c([2H])c([2H])c3c3c([2H])c([2H])c([2H])c([2H])c32)c([2H])c2c1B1c3c(cc(C(C)(C)C)cc3N(c3c(-c4ccccc4)cc(C(C)(C)C)cc3-c3ccccc3)c3c([2H])c(-n4c5c([2H])c([2H])c([2H])c([2H])c5c5c([2H])c([2H])c([2H])c([2H])c54)c([2H])c(-c4ccc([Si](C)(C)C)cc4)c31)N2c1c(-c2ccccc2)cc(C(C)(C)C)cc1-c1ccccc1. The fraction of sp³-hybridized carbons (Fsp3) is 0.152. The van der Waals surface area contributed by atoms with Crippen LogP contribution in [0.25, 0.3) is 111 Å². The van der Waals surface area contributed by atoms with E-state index in [1.54, 1.807) is 0 Å². The third kappa shape index (κ3) is 10.9. The van der Waals surface area contributed by atoms with Crippen molar-refractivity contribution in [1.82, 2.24) is 9.13 Å². The number of hydrogen-bond donors (Lipinski definition) is 0. The van der Waals surface area contributed by atoms with E-state index in [0.717, 1.165) is 32.0 Å². The molecule has 14 aromatic carbocycles. The third-order valence-electron chi connectivity index (χ3n) is 20.9. The van der Waals surface area contributed by atoms with Crippen molar-refractivity contribution in [1.29, 1.82) is 0 Å². The zero-order chi connectivity index (χ0) is 90.3. The maximum atomic E-state index is 12.1. The van der Waals surface area contributed by atoms with E-state index < -0.39 is 175 Å². The minimum absolute atomic E-state index is 0.00846. The molecule has 0 N–H and O–H groups in total. The summed E-state index contributed by atoms with van der Waals surface area (Å²) in [5.41, 5.74) is 6.12. The van der Waals surface area contributed by atoms with Crippen LogP contribution in [0.5, 0.6) is 0 Å². The number of nitrogens with zero attached hydrogens (tertiary/aromatic N) is 4. The van der Waals surface area contributed by atoms with E-state index in [-0.39, 0.29) is 66.1 Å². The van der Waals surface area contributed by atoms with Crippen molar-refractivity contribution in [3.8, 4) is 67.0 Å². The summed E-state index contributed by atoms with van der Waals surface area (Å²) in [6, 6.07) is 45.6. The first kappa shape index (κ1) is 46.3. The van der Waals surface area contributed by atoms with E-state index >= 15 is 0 Å². The molecule has 4 nitrogen and oxygen atoms in total. The number of para-hydroxylation sites is 4. The molecule has 2 aliphatic heterocycles. The quantitative estimate of drug-likeness (QED) is 0.127. The topological polar surface area (TPSA) is 16.3 Å². The standard InChI is InChI=1S/C99H87BN4Si/c1-97(2,3)69-55-80(64-33-17-13-18-34-64)95(81(56-69)65-35-19-14-20-36-65)103-89-62-72(101-85-45-29-25-41-75(85)76-42-26-30-46-86(76)101)51-54-84(89)100-93-79(68-49-52-74(53-50-68)105(10,11)12)61-73(102-87-47-31-27-43-77(87)78-44-28-32-48-88(78)102)63-92(93)104(91-60-71(99(7,8)9)59-90(103)94(91)100)96-82(66-37-21-15-22-38-66)57-70(98(4,5)6)58-83(96)67-39-23-16-24-40-67/h13-63H,1-12H3/i25D,26D,27D,28D,29D,30D,31D,32D,41D,42D,43D,44D,45D,46D,47D,48D,51D,54D,61D,62D,63D. The van der Waals surface area contributed by atoms with Gasteiger partial charge in [0.1, 0.15) is 0 Å². The van der Waals surface area contributed by atoms with Crippen molar-refractivity contribution in [2.45, 2.75) is 98.2 Å². The highest BCUT2D eigenvalue weighted by Crippen LogP contribution is 2.56. The molecule has 0 atom stereocenters. The van der Waals surface area contributed by atoms with Gasteiger partial charge in [-0.1, -0.05) is 311 Å². The van der Waals surface area contributed by atoms with Gasteiger partial charge in [-0.05, 0) is 167 Å². The van der Waals surface area contributed by atoms with Crippen LogP contribution in [0.1, 0.15) is 108 Å². The molecule has 0 saturated carbocycles. The molecule has 0 unspecified atom stereocenters. The van der Waals surface area contributed by atoms with Crippen LogP contribution in [0.3, 0.4) is 0 Å². The Morgan fingerprint density at radius 3 is 1.02 bits per heavy atom.